The molecule has 4 nitrogen and oxygen atoms in total. The fraction of sp³-hybridized carbons (Fsp3) is 0.375. The maximum absolute atomic E-state index is 9.42. The van der Waals surface area contributed by atoms with Gasteiger partial charge in [-0.15, -0.1) is 6.58 Å². The number of methoxy groups -OCH3 is 1. The van der Waals surface area contributed by atoms with Crippen molar-refractivity contribution in [3.05, 3.63) is 49.1 Å². The number of ether oxygens (including phenoxy) is 3. The summed E-state index contributed by atoms with van der Waals surface area (Å²) in [4.78, 5) is 0. The zero-order valence-electron chi connectivity index (χ0n) is 11.6. The van der Waals surface area contributed by atoms with Crippen molar-refractivity contribution in [3.63, 3.8) is 0 Å². The third kappa shape index (κ3) is 3.62. The van der Waals surface area contributed by atoms with Crippen LogP contribution in [0.1, 0.15) is 6.42 Å². The predicted octanol–water partition coefficient (Wildman–Crippen LogP) is 2.33. The Kier molecular flexibility index (Phi) is 5.21. The first kappa shape index (κ1) is 14.6. The van der Waals surface area contributed by atoms with Crippen molar-refractivity contribution in [2.75, 3.05) is 13.7 Å². The lowest BCUT2D eigenvalue weighted by Gasteiger charge is -2.31. The average molecular weight is 276 g/mol. The molecule has 0 amide bonds. The Bertz CT molecular complexity index is 452. The zero-order valence-corrected chi connectivity index (χ0v) is 11.6. The van der Waals surface area contributed by atoms with Gasteiger partial charge in [0.05, 0.1) is 19.8 Å². The molecule has 0 saturated carbocycles. The molecule has 0 radical (unpaired) electrons. The third-order valence-corrected chi connectivity index (χ3v) is 3.14. The topological polar surface area (TPSA) is 47.9 Å². The smallest absolute Gasteiger partial charge is 0.145 e. The minimum Gasteiger partial charge on any atom is -0.497 e. The molecule has 0 aliphatic carbocycles. The maximum atomic E-state index is 9.42. The van der Waals surface area contributed by atoms with Crippen LogP contribution in [0.25, 0.3) is 0 Å². The molecule has 3 atom stereocenters. The van der Waals surface area contributed by atoms with Gasteiger partial charge in [-0.25, -0.2) is 0 Å². The van der Waals surface area contributed by atoms with Gasteiger partial charge in [0, 0.05) is 0 Å². The summed E-state index contributed by atoms with van der Waals surface area (Å²) in [6, 6.07) is 7.32. The molecular weight excluding hydrogens is 256 g/mol. The number of hydrogen-bond donors (Lipinski definition) is 1. The van der Waals surface area contributed by atoms with Crippen molar-refractivity contribution in [1.29, 1.82) is 0 Å². The Balaban J connectivity index is 2.03. The second kappa shape index (κ2) is 7.12. The molecule has 0 saturated heterocycles. The molecule has 0 aromatic heterocycles. The van der Waals surface area contributed by atoms with E-state index in [4.69, 9.17) is 14.2 Å². The van der Waals surface area contributed by atoms with Crippen molar-refractivity contribution in [2.45, 2.75) is 24.7 Å². The quantitative estimate of drug-likeness (QED) is 0.810. The van der Waals surface area contributed by atoms with Crippen molar-refractivity contribution in [3.8, 4) is 11.5 Å². The predicted molar refractivity (Wildman–Crippen MR) is 77.1 cm³/mol. The lowest BCUT2D eigenvalue weighted by Crippen LogP contribution is -2.41. The third-order valence-electron chi connectivity index (χ3n) is 3.14. The van der Waals surface area contributed by atoms with Crippen LogP contribution in [0.2, 0.25) is 0 Å². The summed E-state index contributed by atoms with van der Waals surface area (Å²) in [5.74, 6) is 1.49. The zero-order chi connectivity index (χ0) is 14.4. The standard InChI is InChI=1S/C16H20O4/c1-3-4-13-9-10-15(16(11-17)20-13)19-14-7-5-12(18-2)6-8-14/h3,5-10,13,15-17H,1,4,11H2,2H3/t13-,15-,16-/m1/s1. The van der Waals surface area contributed by atoms with Gasteiger partial charge in [0.1, 0.15) is 23.7 Å². The van der Waals surface area contributed by atoms with Crippen LogP contribution < -0.4 is 9.47 Å². The highest BCUT2D eigenvalue weighted by Crippen LogP contribution is 2.23. The first-order valence-electron chi connectivity index (χ1n) is 6.63. The summed E-state index contributed by atoms with van der Waals surface area (Å²) in [6.45, 7) is 3.60. The van der Waals surface area contributed by atoms with E-state index in [1.807, 2.05) is 36.4 Å². The molecule has 1 aromatic rings. The molecule has 108 valence electrons. The molecule has 0 spiro atoms. The molecule has 1 heterocycles. The van der Waals surface area contributed by atoms with E-state index in [1.165, 1.54) is 0 Å². The van der Waals surface area contributed by atoms with Crippen LogP contribution in [0.5, 0.6) is 11.5 Å². The van der Waals surface area contributed by atoms with Gasteiger partial charge < -0.3 is 19.3 Å². The lowest BCUT2D eigenvalue weighted by molar-refractivity contribution is -0.0705. The SMILES string of the molecule is C=CC[C@@H]1C=C[C@@H](Oc2ccc(OC)cc2)[C@@H](CO)O1. The molecule has 0 bridgehead atoms. The minimum absolute atomic E-state index is 0.0413. The van der Waals surface area contributed by atoms with E-state index < -0.39 is 0 Å². The largest absolute Gasteiger partial charge is 0.497 e. The monoisotopic (exact) mass is 276 g/mol. The molecule has 0 unspecified atom stereocenters. The molecule has 20 heavy (non-hydrogen) atoms. The fourth-order valence-electron chi connectivity index (χ4n) is 2.08. The number of hydrogen-bond acceptors (Lipinski definition) is 4. The molecule has 1 aromatic carbocycles. The Morgan fingerprint density at radius 1 is 1.25 bits per heavy atom. The summed E-state index contributed by atoms with van der Waals surface area (Å²) in [5, 5.41) is 9.42. The first-order chi connectivity index (χ1) is 9.76. The molecule has 2 rings (SSSR count). The van der Waals surface area contributed by atoms with Crippen LogP contribution in [0, 0.1) is 0 Å². The average Bonchev–Trinajstić information content (AvgIpc) is 2.50. The Morgan fingerprint density at radius 3 is 2.55 bits per heavy atom. The van der Waals surface area contributed by atoms with Crippen molar-refractivity contribution >= 4 is 0 Å². The van der Waals surface area contributed by atoms with E-state index in [2.05, 4.69) is 6.58 Å². The van der Waals surface area contributed by atoms with Crippen LogP contribution in [0.4, 0.5) is 0 Å². The Hall–Kier alpha value is -1.78. The van der Waals surface area contributed by atoms with E-state index >= 15 is 0 Å². The van der Waals surface area contributed by atoms with Gasteiger partial charge in [0.25, 0.3) is 0 Å². The Morgan fingerprint density at radius 2 is 1.95 bits per heavy atom. The summed E-state index contributed by atoms with van der Waals surface area (Å²) in [7, 11) is 1.62. The van der Waals surface area contributed by atoms with Crippen LogP contribution in [0.3, 0.4) is 0 Å². The second-order valence-electron chi connectivity index (χ2n) is 4.56. The molecule has 1 aliphatic rings. The van der Waals surface area contributed by atoms with Gasteiger partial charge in [-0.05, 0) is 36.8 Å². The van der Waals surface area contributed by atoms with E-state index in [-0.39, 0.29) is 24.9 Å². The van der Waals surface area contributed by atoms with Gasteiger partial charge in [0.2, 0.25) is 0 Å². The molecule has 1 N–H and O–H groups in total. The number of aliphatic hydroxyl groups is 1. The van der Waals surface area contributed by atoms with Gasteiger partial charge in [-0.1, -0.05) is 12.2 Å². The number of rotatable bonds is 6. The highest BCUT2D eigenvalue weighted by Gasteiger charge is 2.27. The Labute approximate surface area is 119 Å². The van der Waals surface area contributed by atoms with Crippen LogP contribution in [-0.2, 0) is 4.74 Å². The van der Waals surface area contributed by atoms with Crippen molar-refractivity contribution in [2.24, 2.45) is 0 Å². The highest BCUT2D eigenvalue weighted by molar-refractivity contribution is 5.31. The number of aliphatic hydroxyl groups excluding tert-OH is 1. The molecule has 1 aliphatic heterocycles. The molecule has 4 heteroatoms. The van der Waals surface area contributed by atoms with Crippen molar-refractivity contribution in [1.82, 2.24) is 0 Å². The van der Waals surface area contributed by atoms with Gasteiger partial charge in [-0.2, -0.15) is 0 Å². The summed E-state index contributed by atoms with van der Waals surface area (Å²) in [6.07, 6.45) is 5.70. The summed E-state index contributed by atoms with van der Waals surface area (Å²) < 4.78 is 16.7. The maximum Gasteiger partial charge on any atom is 0.145 e. The second-order valence-corrected chi connectivity index (χ2v) is 4.56. The normalized spacial score (nSPS) is 25.2. The van der Waals surface area contributed by atoms with E-state index in [1.54, 1.807) is 13.2 Å². The van der Waals surface area contributed by atoms with Crippen LogP contribution in [0.15, 0.2) is 49.1 Å². The summed E-state index contributed by atoms with van der Waals surface area (Å²) in [5.41, 5.74) is 0. The van der Waals surface area contributed by atoms with Crippen LogP contribution >= 0.6 is 0 Å². The first-order valence-corrected chi connectivity index (χ1v) is 6.63. The lowest BCUT2D eigenvalue weighted by atomic mass is 10.1. The number of benzene rings is 1. The highest BCUT2D eigenvalue weighted by atomic mass is 16.6. The van der Waals surface area contributed by atoms with E-state index in [0.717, 1.165) is 12.2 Å². The van der Waals surface area contributed by atoms with E-state index in [0.29, 0.717) is 5.75 Å². The van der Waals surface area contributed by atoms with Gasteiger partial charge in [-0.3, -0.25) is 0 Å². The van der Waals surface area contributed by atoms with E-state index in [9.17, 15) is 5.11 Å². The van der Waals surface area contributed by atoms with Gasteiger partial charge >= 0.3 is 0 Å². The molecule has 0 fully saturated rings. The minimum atomic E-state index is -0.368. The van der Waals surface area contributed by atoms with Crippen LogP contribution in [-0.4, -0.2) is 37.1 Å². The van der Waals surface area contributed by atoms with Gasteiger partial charge in [0.15, 0.2) is 0 Å². The molecular formula is C16H20O4. The summed E-state index contributed by atoms with van der Waals surface area (Å²) >= 11 is 0. The fourth-order valence-corrected chi connectivity index (χ4v) is 2.08. The van der Waals surface area contributed by atoms with Crippen molar-refractivity contribution < 1.29 is 19.3 Å².